The maximum Gasteiger partial charge on any atom is 0.281 e. The molecule has 0 aliphatic carbocycles. The van der Waals surface area contributed by atoms with Crippen LogP contribution in [0.3, 0.4) is 0 Å². The Morgan fingerprint density at radius 2 is 1.69 bits per heavy atom. The molecule has 1 atom stereocenters. The van der Waals surface area contributed by atoms with E-state index in [2.05, 4.69) is 34.5 Å². The third kappa shape index (κ3) is 6.01. The van der Waals surface area contributed by atoms with Crippen LogP contribution in [0.1, 0.15) is 43.2 Å². The summed E-state index contributed by atoms with van der Waals surface area (Å²) in [5, 5.41) is 2.99. The van der Waals surface area contributed by atoms with E-state index < -0.39 is 10.2 Å². The summed E-state index contributed by atoms with van der Waals surface area (Å²) in [4.78, 5) is 15.1. The fraction of sp³-hybridized carbons (Fsp3) is 0.667. The minimum atomic E-state index is -3.47. The molecule has 2 heterocycles. The first kappa shape index (κ1) is 22.2. The van der Waals surface area contributed by atoms with Crippen LogP contribution in [0.25, 0.3) is 0 Å². The van der Waals surface area contributed by atoms with Gasteiger partial charge in [0, 0.05) is 40.3 Å². The van der Waals surface area contributed by atoms with Gasteiger partial charge in [-0.15, -0.1) is 0 Å². The maximum atomic E-state index is 12.6. The average Bonchev–Trinajstić information content (AvgIpc) is 2.73. The molecular weight excluding hydrogens is 388 g/mol. The number of carbonyl (C=O) groups excluding carboxylic acids is 1. The molecule has 7 nitrogen and oxygen atoms in total. The van der Waals surface area contributed by atoms with E-state index in [0.717, 1.165) is 18.5 Å². The summed E-state index contributed by atoms with van der Waals surface area (Å²) in [5.41, 5.74) is 2.37. The Hall–Kier alpha value is -1.48. The van der Waals surface area contributed by atoms with Gasteiger partial charge >= 0.3 is 0 Å². The van der Waals surface area contributed by atoms with Gasteiger partial charge in [0.2, 0.25) is 5.91 Å². The Labute approximate surface area is 175 Å². The van der Waals surface area contributed by atoms with Crippen molar-refractivity contribution in [3.8, 4) is 0 Å². The predicted molar refractivity (Wildman–Crippen MR) is 114 cm³/mol. The van der Waals surface area contributed by atoms with Crippen LogP contribution in [0.2, 0.25) is 0 Å². The molecule has 8 heteroatoms. The molecule has 1 N–H and O–H groups in total. The molecule has 3 rings (SSSR count). The number of benzene rings is 1. The van der Waals surface area contributed by atoms with Crippen LogP contribution in [0, 0.1) is 5.92 Å². The fourth-order valence-corrected chi connectivity index (χ4v) is 5.26. The molecule has 1 aromatic carbocycles. The second kappa shape index (κ2) is 10.0. The lowest BCUT2D eigenvalue weighted by Gasteiger charge is -2.32. The topological polar surface area (TPSA) is 73.0 Å². The zero-order valence-corrected chi connectivity index (χ0v) is 18.5. The number of hydrogen-bond acceptors (Lipinski definition) is 4. The highest BCUT2D eigenvalue weighted by Crippen LogP contribution is 2.20. The molecule has 29 heavy (non-hydrogen) atoms. The number of nitrogens with zero attached hydrogens (tertiary/aromatic N) is 3. The number of hydrogen-bond donors (Lipinski definition) is 1. The number of rotatable bonds is 7. The summed E-state index contributed by atoms with van der Waals surface area (Å²) < 4.78 is 27.3. The Bertz CT molecular complexity index is 774. The summed E-state index contributed by atoms with van der Waals surface area (Å²) in [5.74, 6) is -0.363. The molecule has 1 unspecified atom stereocenters. The van der Waals surface area contributed by atoms with E-state index in [9.17, 15) is 13.2 Å². The lowest BCUT2D eigenvalue weighted by molar-refractivity contribution is -0.126. The van der Waals surface area contributed by atoms with Crippen LogP contribution in [-0.4, -0.2) is 68.1 Å². The van der Waals surface area contributed by atoms with Crippen LogP contribution in [0.15, 0.2) is 24.3 Å². The first-order valence-electron chi connectivity index (χ1n) is 10.6. The van der Waals surface area contributed by atoms with Gasteiger partial charge in [-0.3, -0.25) is 9.69 Å². The molecule has 0 aromatic heterocycles. The van der Waals surface area contributed by atoms with Crippen molar-refractivity contribution in [3.63, 3.8) is 0 Å². The van der Waals surface area contributed by atoms with E-state index in [1.165, 1.54) is 60.6 Å². The first-order valence-corrected chi connectivity index (χ1v) is 12.0. The van der Waals surface area contributed by atoms with E-state index in [4.69, 9.17) is 0 Å². The third-order valence-electron chi connectivity index (χ3n) is 5.89. The van der Waals surface area contributed by atoms with Crippen molar-refractivity contribution in [2.45, 2.75) is 45.2 Å². The Kier molecular flexibility index (Phi) is 7.67. The van der Waals surface area contributed by atoms with Gasteiger partial charge in [0.25, 0.3) is 10.2 Å². The van der Waals surface area contributed by atoms with E-state index in [-0.39, 0.29) is 18.4 Å². The molecule has 0 saturated carbocycles. The first-order chi connectivity index (χ1) is 13.9. The second-order valence-corrected chi connectivity index (χ2v) is 10.5. The molecule has 0 bridgehead atoms. The molecule has 2 fully saturated rings. The van der Waals surface area contributed by atoms with Gasteiger partial charge in [-0.25, -0.2) is 0 Å². The molecule has 2 aliphatic heterocycles. The number of likely N-dealkylation sites (tertiary alicyclic amines) is 1. The van der Waals surface area contributed by atoms with Gasteiger partial charge < -0.3 is 5.32 Å². The lowest BCUT2D eigenvalue weighted by atomic mass is 9.98. The van der Waals surface area contributed by atoms with Gasteiger partial charge in [-0.2, -0.15) is 17.0 Å². The quantitative estimate of drug-likeness (QED) is 0.727. The van der Waals surface area contributed by atoms with Gasteiger partial charge in [-0.1, -0.05) is 30.7 Å². The van der Waals surface area contributed by atoms with Crippen molar-refractivity contribution in [1.82, 2.24) is 18.8 Å². The zero-order chi connectivity index (χ0) is 20.9. The van der Waals surface area contributed by atoms with Crippen molar-refractivity contribution in [1.29, 1.82) is 0 Å². The Morgan fingerprint density at radius 3 is 2.34 bits per heavy atom. The zero-order valence-electron chi connectivity index (χ0n) is 17.6. The smallest absolute Gasteiger partial charge is 0.281 e. The van der Waals surface area contributed by atoms with Gasteiger partial charge in [0.15, 0.2) is 0 Å². The molecule has 2 saturated heterocycles. The van der Waals surface area contributed by atoms with Crippen molar-refractivity contribution in [3.05, 3.63) is 35.4 Å². The summed E-state index contributed by atoms with van der Waals surface area (Å²) >= 11 is 0. The van der Waals surface area contributed by atoms with Crippen molar-refractivity contribution >= 4 is 16.1 Å². The number of piperidine rings is 2. The summed E-state index contributed by atoms with van der Waals surface area (Å²) in [7, 11) is -0.424. The van der Waals surface area contributed by atoms with Crippen LogP contribution >= 0.6 is 0 Å². The minimum absolute atomic E-state index is 0.0685. The van der Waals surface area contributed by atoms with E-state index >= 15 is 0 Å². The van der Waals surface area contributed by atoms with Crippen LogP contribution in [0.5, 0.6) is 0 Å². The highest BCUT2D eigenvalue weighted by atomic mass is 32.2. The van der Waals surface area contributed by atoms with E-state index in [1.54, 1.807) is 0 Å². The maximum absolute atomic E-state index is 12.6. The third-order valence-corrected chi connectivity index (χ3v) is 7.79. The van der Waals surface area contributed by atoms with Crippen molar-refractivity contribution in [2.24, 2.45) is 5.92 Å². The average molecular weight is 423 g/mol. The summed E-state index contributed by atoms with van der Waals surface area (Å²) in [6.45, 7) is 4.55. The highest BCUT2D eigenvalue weighted by molar-refractivity contribution is 7.86. The van der Waals surface area contributed by atoms with Gasteiger partial charge in [-0.05, 0) is 49.9 Å². The lowest BCUT2D eigenvalue weighted by Crippen LogP contribution is -2.48. The number of carbonyl (C=O) groups is 1. The van der Waals surface area contributed by atoms with Crippen LogP contribution in [0.4, 0.5) is 0 Å². The van der Waals surface area contributed by atoms with Gasteiger partial charge in [0.05, 0.1) is 5.92 Å². The summed E-state index contributed by atoms with van der Waals surface area (Å²) in [6.07, 6.45) is 5.35. The Balaban J connectivity index is 1.48. The largest absolute Gasteiger partial charge is 0.352 e. The van der Waals surface area contributed by atoms with E-state index in [0.29, 0.717) is 19.5 Å². The van der Waals surface area contributed by atoms with Crippen molar-refractivity contribution in [2.75, 3.05) is 40.3 Å². The normalized spacial score (nSPS) is 22.0. The second-order valence-electron chi connectivity index (χ2n) is 8.36. The van der Waals surface area contributed by atoms with Crippen molar-refractivity contribution < 1.29 is 13.2 Å². The molecule has 2 aliphatic rings. The van der Waals surface area contributed by atoms with Crippen LogP contribution in [-0.2, 0) is 28.1 Å². The molecule has 0 radical (unpaired) electrons. The fourth-order valence-electron chi connectivity index (χ4n) is 4.07. The number of amides is 1. The molecule has 1 aromatic rings. The minimum Gasteiger partial charge on any atom is -0.352 e. The summed E-state index contributed by atoms with van der Waals surface area (Å²) in [6, 6.07) is 8.43. The standard InChI is InChI=1S/C21H34N4O3S/c1-23(2)29(27,28)25-14-6-7-20(17-25)21(26)22-15-18-8-10-19(11-9-18)16-24-12-4-3-5-13-24/h8-11,20H,3-7,12-17H2,1-2H3,(H,22,26). The monoisotopic (exact) mass is 422 g/mol. The van der Waals surface area contributed by atoms with Crippen LogP contribution < -0.4 is 5.32 Å². The predicted octanol–water partition coefficient (Wildman–Crippen LogP) is 1.81. The van der Waals surface area contributed by atoms with Gasteiger partial charge in [0.1, 0.15) is 0 Å². The molecule has 1 amide bonds. The Morgan fingerprint density at radius 1 is 1.03 bits per heavy atom. The molecular formula is C21H34N4O3S. The SMILES string of the molecule is CN(C)S(=O)(=O)N1CCCC(C(=O)NCc2ccc(CN3CCCCC3)cc2)C1. The highest BCUT2D eigenvalue weighted by Gasteiger charge is 2.33. The molecule has 162 valence electrons. The number of nitrogens with one attached hydrogen (secondary N) is 1. The van der Waals surface area contributed by atoms with E-state index in [1.807, 2.05) is 0 Å². The molecule has 0 spiro atoms.